The van der Waals surface area contributed by atoms with Crippen molar-refractivity contribution in [2.24, 2.45) is 10.2 Å². The van der Waals surface area contributed by atoms with E-state index in [0.29, 0.717) is 13.1 Å². The Balaban J connectivity index is 3.33. The molecule has 0 atom stereocenters. The summed E-state index contributed by atoms with van der Waals surface area (Å²) in [4.78, 5) is 0. The standard InChI is InChI=1S/C6H4F6N2/c1-3-2-13-14-4(3,5(7,8)9)6(10,11)12/h2H,1H3. The molecule has 0 saturated carbocycles. The lowest BCUT2D eigenvalue weighted by atomic mass is 9.91. The molecule has 0 unspecified atom stereocenters. The van der Waals surface area contributed by atoms with Crippen LogP contribution in [0, 0.1) is 0 Å². The van der Waals surface area contributed by atoms with Crippen LogP contribution in [0.5, 0.6) is 0 Å². The van der Waals surface area contributed by atoms with Crippen LogP contribution in [-0.4, -0.2) is 17.9 Å². The van der Waals surface area contributed by atoms with Crippen LogP contribution in [0.25, 0.3) is 0 Å². The van der Waals surface area contributed by atoms with Crippen LogP contribution in [-0.2, 0) is 0 Å². The van der Waals surface area contributed by atoms with Crippen LogP contribution in [0.1, 0.15) is 6.92 Å². The van der Waals surface area contributed by atoms with Crippen molar-refractivity contribution in [1.82, 2.24) is 0 Å². The highest BCUT2D eigenvalue weighted by molar-refractivity contribution is 5.28. The Hall–Kier alpha value is -1.08. The summed E-state index contributed by atoms with van der Waals surface area (Å²) in [5.41, 5.74) is -5.13. The quantitative estimate of drug-likeness (QED) is 0.557. The minimum atomic E-state index is -5.52. The van der Waals surface area contributed by atoms with Crippen molar-refractivity contribution in [3.05, 3.63) is 11.8 Å². The van der Waals surface area contributed by atoms with Crippen molar-refractivity contribution < 1.29 is 26.3 Å². The lowest BCUT2D eigenvalue weighted by Gasteiger charge is -2.30. The molecule has 0 aromatic heterocycles. The highest BCUT2D eigenvalue weighted by atomic mass is 19.4. The second-order valence-corrected chi connectivity index (χ2v) is 2.73. The van der Waals surface area contributed by atoms with E-state index in [-0.39, 0.29) is 0 Å². The Morgan fingerprint density at radius 3 is 1.64 bits per heavy atom. The number of nitrogens with zero attached hydrogens (tertiary/aromatic N) is 2. The summed E-state index contributed by atoms with van der Waals surface area (Å²) in [5, 5.41) is 4.95. The number of halogens is 6. The number of alkyl halides is 6. The zero-order valence-corrected chi connectivity index (χ0v) is 6.74. The molecule has 14 heavy (non-hydrogen) atoms. The fourth-order valence-electron chi connectivity index (χ4n) is 1.10. The van der Waals surface area contributed by atoms with Gasteiger partial charge in [-0.25, -0.2) is 0 Å². The largest absolute Gasteiger partial charge is 0.428 e. The summed E-state index contributed by atoms with van der Waals surface area (Å²) in [6.45, 7) is 0.695. The maximum absolute atomic E-state index is 12.2. The Bertz CT molecular complexity index is 282. The summed E-state index contributed by atoms with van der Waals surface area (Å²) in [6.07, 6.45) is -10.6. The lowest BCUT2D eigenvalue weighted by Crippen LogP contribution is -2.55. The Labute approximate surface area is 74.3 Å². The second-order valence-electron chi connectivity index (χ2n) is 2.73. The molecule has 1 rings (SSSR count). The zero-order valence-electron chi connectivity index (χ0n) is 6.74. The van der Waals surface area contributed by atoms with Crippen molar-refractivity contribution in [3.8, 4) is 0 Å². The molecule has 80 valence electrons. The van der Waals surface area contributed by atoms with Crippen molar-refractivity contribution >= 4 is 0 Å². The fraction of sp³-hybridized carbons (Fsp3) is 0.667. The summed E-state index contributed by atoms with van der Waals surface area (Å²) in [7, 11) is 0. The molecule has 0 amide bonds. The van der Waals surface area contributed by atoms with E-state index >= 15 is 0 Å². The van der Waals surface area contributed by atoms with E-state index in [1.54, 1.807) is 0 Å². The highest BCUT2D eigenvalue weighted by Gasteiger charge is 2.74. The molecule has 0 aliphatic carbocycles. The summed E-state index contributed by atoms with van der Waals surface area (Å²) in [5.74, 6) is 0. The molecule has 1 aliphatic heterocycles. The van der Waals surface area contributed by atoms with Gasteiger partial charge in [-0.3, -0.25) is 0 Å². The fourth-order valence-corrected chi connectivity index (χ4v) is 1.10. The van der Waals surface area contributed by atoms with E-state index in [9.17, 15) is 26.3 Å². The van der Waals surface area contributed by atoms with Gasteiger partial charge in [-0.1, -0.05) is 0 Å². The number of rotatable bonds is 0. The van der Waals surface area contributed by atoms with Gasteiger partial charge in [0, 0.05) is 0 Å². The number of hydrogen-bond acceptors (Lipinski definition) is 2. The van der Waals surface area contributed by atoms with Crippen molar-refractivity contribution in [1.29, 1.82) is 0 Å². The van der Waals surface area contributed by atoms with Gasteiger partial charge in [-0.15, -0.1) is 0 Å². The van der Waals surface area contributed by atoms with Gasteiger partial charge in [0.15, 0.2) is 0 Å². The van der Waals surface area contributed by atoms with Gasteiger partial charge in [-0.05, 0) is 12.5 Å². The van der Waals surface area contributed by atoms with Gasteiger partial charge < -0.3 is 0 Å². The van der Waals surface area contributed by atoms with Crippen LogP contribution in [0.3, 0.4) is 0 Å². The van der Waals surface area contributed by atoms with Gasteiger partial charge in [0.2, 0.25) is 0 Å². The molecule has 0 saturated heterocycles. The summed E-state index contributed by atoms with van der Waals surface area (Å²) < 4.78 is 73.5. The van der Waals surface area contributed by atoms with Gasteiger partial charge in [-0.2, -0.15) is 36.6 Å². The monoisotopic (exact) mass is 218 g/mol. The first-order valence-corrected chi connectivity index (χ1v) is 3.35. The van der Waals surface area contributed by atoms with Crippen molar-refractivity contribution in [2.45, 2.75) is 24.8 Å². The molecule has 0 N–H and O–H groups in total. The van der Waals surface area contributed by atoms with Gasteiger partial charge >= 0.3 is 12.4 Å². The predicted molar refractivity (Wildman–Crippen MR) is 33.5 cm³/mol. The average Bonchev–Trinajstić information content (AvgIpc) is 2.27. The van der Waals surface area contributed by atoms with Gasteiger partial charge in [0.05, 0.1) is 6.20 Å². The topological polar surface area (TPSA) is 24.7 Å². The van der Waals surface area contributed by atoms with Gasteiger partial charge in [0.25, 0.3) is 5.54 Å². The third-order valence-corrected chi connectivity index (χ3v) is 1.85. The van der Waals surface area contributed by atoms with E-state index in [2.05, 4.69) is 10.2 Å². The maximum atomic E-state index is 12.2. The van der Waals surface area contributed by atoms with E-state index in [1.807, 2.05) is 0 Å². The van der Waals surface area contributed by atoms with Crippen molar-refractivity contribution in [3.63, 3.8) is 0 Å². The number of hydrogen-bond donors (Lipinski definition) is 0. The lowest BCUT2D eigenvalue weighted by molar-refractivity contribution is -0.282. The summed E-state index contributed by atoms with van der Waals surface area (Å²) in [6, 6.07) is 0. The Kier molecular flexibility index (Phi) is 2.13. The molecule has 0 bridgehead atoms. The average molecular weight is 218 g/mol. The van der Waals surface area contributed by atoms with Crippen LogP contribution in [0.4, 0.5) is 26.3 Å². The molecular weight excluding hydrogens is 214 g/mol. The SMILES string of the molecule is CC1=CN=NC1(C(F)(F)F)C(F)(F)F. The molecule has 0 aromatic carbocycles. The van der Waals surface area contributed by atoms with E-state index < -0.39 is 23.5 Å². The molecule has 1 heterocycles. The normalized spacial score (nSPS) is 21.2. The predicted octanol–water partition coefficient (Wildman–Crippen LogP) is 3.22. The van der Waals surface area contributed by atoms with Crippen LogP contribution < -0.4 is 0 Å². The molecule has 0 spiro atoms. The Morgan fingerprint density at radius 2 is 1.50 bits per heavy atom. The summed E-state index contributed by atoms with van der Waals surface area (Å²) >= 11 is 0. The highest BCUT2D eigenvalue weighted by Crippen LogP contribution is 2.52. The zero-order chi connectivity index (χ0) is 11.2. The molecule has 0 radical (unpaired) electrons. The van der Waals surface area contributed by atoms with E-state index in [1.165, 1.54) is 0 Å². The Morgan fingerprint density at radius 1 is 1.07 bits per heavy atom. The molecule has 0 aromatic rings. The first-order chi connectivity index (χ1) is 6.13. The molecule has 0 fully saturated rings. The van der Waals surface area contributed by atoms with Crippen molar-refractivity contribution in [2.75, 3.05) is 0 Å². The smallest absolute Gasteiger partial charge is 0.167 e. The van der Waals surface area contributed by atoms with E-state index in [0.717, 1.165) is 0 Å². The maximum Gasteiger partial charge on any atom is 0.428 e. The molecule has 1 aliphatic rings. The molecular formula is C6H4F6N2. The van der Waals surface area contributed by atoms with Gasteiger partial charge in [0.1, 0.15) is 0 Å². The third kappa shape index (κ3) is 1.20. The minimum absolute atomic E-state index is 0.459. The van der Waals surface area contributed by atoms with E-state index in [4.69, 9.17) is 0 Å². The van der Waals surface area contributed by atoms with Crippen LogP contribution >= 0.6 is 0 Å². The number of azo groups is 1. The third-order valence-electron chi connectivity index (χ3n) is 1.85. The minimum Gasteiger partial charge on any atom is -0.167 e. The first-order valence-electron chi connectivity index (χ1n) is 3.35. The van der Waals surface area contributed by atoms with Crippen LogP contribution in [0.2, 0.25) is 0 Å². The molecule has 2 nitrogen and oxygen atoms in total. The molecule has 8 heteroatoms. The second kappa shape index (κ2) is 2.71. The van der Waals surface area contributed by atoms with Crippen LogP contribution in [0.15, 0.2) is 22.0 Å². The first kappa shape index (κ1) is 11.0.